The lowest BCUT2D eigenvalue weighted by Crippen LogP contribution is -2.20. The highest BCUT2D eigenvalue weighted by atomic mass is 32.2. The van der Waals surface area contributed by atoms with Crippen molar-refractivity contribution in [3.63, 3.8) is 0 Å². The number of halogens is 1. The molecule has 0 spiro atoms. The minimum absolute atomic E-state index is 0.183. The quantitative estimate of drug-likeness (QED) is 0.596. The van der Waals surface area contributed by atoms with Crippen LogP contribution in [0.1, 0.15) is 5.56 Å². The van der Waals surface area contributed by atoms with E-state index in [1.807, 2.05) is 0 Å². The largest absolute Gasteiger partial charge is 0.452 e. The Morgan fingerprint density at radius 2 is 1.88 bits per heavy atom. The van der Waals surface area contributed by atoms with Crippen LogP contribution in [-0.2, 0) is 25.6 Å². The van der Waals surface area contributed by atoms with Crippen molar-refractivity contribution < 1.29 is 26.5 Å². The molecular formula is C10H11FO5S. The molecule has 0 N–H and O–H groups in total. The highest BCUT2D eigenvalue weighted by Gasteiger charge is 2.25. The van der Waals surface area contributed by atoms with Gasteiger partial charge in [-0.25, -0.2) is 9.18 Å². The normalized spacial score (nSPS) is 11.1. The SMILES string of the molecule is O=C(OCc1ccccc1)S(=O)(=O)OCCF. The monoisotopic (exact) mass is 262 g/mol. The van der Waals surface area contributed by atoms with E-state index < -0.39 is 28.7 Å². The van der Waals surface area contributed by atoms with Gasteiger partial charge in [0.1, 0.15) is 13.3 Å². The van der Waals surface area contributed by atoms with E-state index in [1.165, 1.54) is 0 Å². The van der Waals surface area contributed by atoms with Crippen LogP contribution >= 0.6 is 0 Å². The van der Waals surface area contributed by atoms with Gasteiger partial charge < -0.3 is 4.74 Å². The molecule has 0 aliphatic heterocycles. The Kier molecular flexibility index (Phi) is 5.05. The number of benzene rings is 1. The molecule has 0 saturated carbocycles. The van der Waals surface area contributed by atoms with Crippen molar-refractivity contribution >= 4 is 15.4 Å². The summed E-state index contributed by atoms with van der Waals surface area (Å²) in [4.78, 5) is 11.1. The first kappa shape index (κ1) is 13.6. The molecule has 1 rings (SSSR count). The van der Waals surface area contributed by atoms with E-state index in [2.05, 4.69) is 8.92 Å². The zero-order valence-electron chi connectivity index (χ0n) is 8.84. The second-order valence-electron chi connectivity index (χ2n) is 2.99. The molecule has 0 radical (unpaired) electrons. The molecule has 0 aliphatic carbocycles. The summed E-state index contributed by atoms with van der Waals surface area (Å²) in [5.41, 5.74) is 0.640. The van der Waals surface area contributed by atoms with Gasteiger partial charge >= 0.3 is 15.4 Å². The average Bonchev–Trinajstić information content (AvgIpc) is 2.34. The molecule has 0 saturated heterocycles. The van der Waals surface area contributed by atoms with Crippen molar-refractivity contribution in [2.75, 3.05) is 13.3 Å². The molecule has 1 aromatic carbocycles. The predicted octanol–water partition coefficient (Wildman–Crippen LogP) is 1.64. The van der Waals surface area contributed by atoms with Gasteiger partial charge in [-0.15, -0.1) is 0 Å². The van der Waals surface area contributed by atoms with Crippen molar-refractivity contribution in [1.29, 1.82) is 0 Å². The molecule has 0 aromatic heterocycles. The topological polar surface area (TPSA) is 69.7 Å². The smallest absolute Gasteiger partial charge is 0.448 e. The lowest BCUT2D eigenvalue weighted by molar-refractivity contribution is 0.159. The van der Waals surface area contributed by atoms with Gasteiger partial charge in [-0.2, -0.15) is 8.42 Å². The fraction of sp³-hybridized carbons (Fsp3) is 0.300. The lowest BCUT2D eigenvalue weighted by atomic mass is 10.2. The molecule has 0 unspecified atom stereocenters. The van der Waals surface area contributed by atoms with Crippen LogP contribution < -0.4 is 0 Å². The van der Waals surface area contributed by atoms with Gasteiger partial charge in [0.15, 0.2) is 0 Å². The number of carbonyl (C=O) groups excluding carboxylic acids is 1. The second-order valence-corrected chi connectivity index (χ2v) is 4.47. The molecule has 0 atom stereocenters. The van der Waals surface area contributed by atoms with Crippen molar-refractivity contribution in [2.45, 2.75) is 6.61 Å². The Bertz CT molecular complexity index is 457. The van der Waals surface area contributed by atoms with E-state index in [-0.39, 0.29) is 6.61 Å². The zero-order chi connectivity index (χ0) is 12.7. The van der Waals surface area contributed by atoms with E-state index in [4.69, 9.17) is 0 Å². The molecule has 7 heteroatoms. The summed E-state index contributed by atoms with van der Waals surface area (Å²) in [5, 5.41) is -1.52. The summed E-state index contributed by atoms with van der Waals surface area (Å²) in [6.45, 7) is -1.87. The maximum absolute atomic E-state index is 11.7. The molecule has 17 heavy (non-hydrogen) atoms. The van der Waals surface area contributed by atoms with Gasteiger partial charge in [-0.1, -0.05) is 30.3 Å². The minimum Gasteiger partial charge on any atom is -0.448 e. The van der Waals surface area contributed by atoms with Crippen molar-refractivity contribution in [3.8, 4) is 0 Å². The maximum Gasteiger partial charge on any atom is 0.452 e. The Labute approximate surface area is 98.3 Å². The zero-order valence-corrected chi connectivity index (χ0v) is 9.65. The molecular weight excluding hydrogens is 251 g/mol. The van der Waals surface area contributed by atoms with Crippen LogP contribution in [0.15, 0.2) is 30.3 Å². The fourth-order valence-electron chi connectivity index (χ4n) is 0.978. The summed E-state index contributed by atoms with van der Waals surface area (Å²) in [6.07, 6.45) is 0. The Balaban J connectivity index is 2.50. The van der Waals surface area contributed by atoms with Crippen LogP contribution in [0, 0.1) is 0 Å². The number of carbonyl (C=O) groups is 1. The maximum atomic E-state index is 11.7. The van der Waals surface area contributed by atoms with Crippen LogP contribution in [-0.4, -0.2) is 27.0 Å². The van der Waals surface area contributed by atoms with Crippen LogP contribution in [0.3, 0.4) is 0 Å². The first-order chi connectivity index (χ1) is 8.06. The Hall–Kier alpha value is -1.47. The number of ether oxygens (including phenoxy) is 1. The lowest BCUT2D eigenvalue weighted by Gasteiger charge is -2.05. The number of alkyl halides is 1. The summed E-state index contributed by atoms with van der Waals surface area (Å²) in [5.74, 6) is 0. The van der Waals surface area contributed by atoms with E-state index >= 15 is 0 Å². The highest BCUT2D eigenvalue weighted by molar-refractivity contribution is 8.01. The third-order valence-corrected chi connectivity index (χ3v) is 2.72. The Morgan fingerprint density at radius 1 is 1.24 bits per heavy atom. The van der Waals surface area contributed by atoms with Crippen molar-refractivity contribution in [1.82, 2.24) is 0 Å². The third kappa shape index (κ3) is 4.49. The van der Waals surface area contributed by atoms with Crippen molar-refractivity contribution in [2.24, 2.45) is 0 Å². The van der Waals surface area contributed by atoms with E-state index in [0.717, 1.165) is 0 Å². The second kappa shape index (κ2) is 6.31. The van der Waals surface area contributed by atoms with Crippen molar-refractivity contribution in [3.05, 3.63) is 35.9 Å². The van der Waals surface area contributed by atoms with E-state index in [0.29, 0.717) is 5.56 Å². The number of rotatable bonds is 5. The molecule has 0 amide bonds. The van der Waals surface area contributed by atoms with Gasteiger partial charge in [0.05, 0.1) is 6.61 Å². The number of hydrogen-bond acceptors (Lipinski definition) is 5. The molecule has 5 nitrogen and oxygen atoms in total. The first-order valence-corrected chi connectivity index (χ1v) is 6.13. The van der Waals surface area contributed by atoms with Gasteiger partial charge in [-0.3, -0.25) is 4.18 Å². The molecule has 1 aromatic rings. The molecule has 0 aliphatic rings. The van der Waals surface area contributed by atoms with Crippen LogP contribution in [0.25, 0.3) is 0 Å². The standard InChI is InChI=1S/C10H11FO5S/c11-6-7-16-17(13,14)10(12)15-8-9-4-2-1-3-5-9/h1-5H,6-8H2. The highest BCUT2D eigenvalue weighted by Crippen LogP contribution is 2.05. The summed E-state index contributed by atoms with van der Waals surface area (Å²) >= 11 is 0. The summed E-state index contributed by atoms with van der Waals surface area (Å²) in [7, 11) is -4.49. The van der Waals surface area contributed by atoms with Gasteiger partial charge in [0.2, 0.25) is 0 Å². The van der Waals surface area contributed by atoms with Crippen LogP contribution in [0.4, 0.5) is 9.18 Å². The minimum atomic E-state index is -4.49. The first-order valence-electron chi connectivity index (χ1n) is 4.72. The molecule has 0 heterocycles. The van der Waals surface area contributed by atoms with Gasteiger partial charge in [0.25, 0.3) is 0 Å². The summed E-state index contributed by atoms with van der Waals surface area (Å²) in [6, 6.07) is 8.55. The van der Waals surface area contributed by atoms with Crippen LogP contribution in [0.2, 0.25) is 0 Å². The summed E-state index contributed by atoms with van der Waals surface area (Å²) < 4.78 is 42.4. The molecule has 0 bridgehead atoms. The molecule has 0 fully saturated rings. The average molecular weight is 262 g/mol. The van der Waals surface area contributed by atoms with Gasteiger partial charge in [0, 0.05) is 0 Å². The Morgan fingerprint density at radius 3 is 2.47 bits per heavy atom. The van der Waals surface area contributed by atoms with Gasteiger partial charge in [-0.05, 0) is 5.56 Å². The van der Waals surface area contributed by atoms with E-state index in [9.17, 15) is 17.6 Å². The molecule has 94 valence electrons. The van der Waals surface area contributed by atoms with E-state index in [1.54, 1.807) is 30.3 Å². The van der Waals surface area contributed by atoms with Crippen LogP contribution in [0.5, 0.6) is 0 Å². The third-order valence-electron chi connectivity index (χ3n) is 1.72. The fourth-order valence-corrected chi connectivity index (χ4v) is 1.56. The predicted molar refractivity (Wildman–Crippen MR) is 57.5 cm³/mol. The number of hydrogen-bond donors (Lipinski definition) is 0.